The SMILES string of the molecule is CC(=O)OC[C@H]1O[C@@H](n2cnc3c(Cl)nc(OCCc4ccn(S(=O)(=O)c5ccc(C)cc5)c4)nc32)[C@H](OC(C)=O)[C@@H]1OC(C)=O. The number of nitrogens with zero attached hydrogens (tertiary/aromatic N) is 5. The van der Waals surface area contributed by atoms with Crippen molar-refractivity contribution in [2.75, 3.05) is 13.2 Å². The zero-order valence-corrected chi connectivity index (χ0v) is 26.7. The van der Waals surface area contributed by atoms with Gasteiger partial charge in [-0.25, -0.2) is 17.4 Å². The Balaban J connectivity index is 1.35. The Morgan fingerprint density at radius 1 is 0.978 bits per heavy atom. The molecule has 0 radical (unpaired) electrons. The van der Waals surface area contributed by atoms with Crippen molar-refractivity contribution in [1.29, 1.82) is 0 Å². The summed E-state index contributed by atoms with van der Waals surface area (Å²) in [6, 6.07) is 8.12. The Hall–Kier alpha value is -4.54. The Bertz CT molecular complexity index is 1870. The lowest BCUT2D eigenvalue weighted by Gasteiger charge is -2.23. The average molecular weight is 676 g/mol. The van der Waals surface area contributed by atoms with Gasteiger partial charge in [0.2, 0.25) is 0 Å². The molecule has 0 unspecified atom stereocenters. The molecule has 1 aliphatic heterocycles. The molecule has 0 amide bonds. The quantitative estimate of drug-likeness (QED) is 0.129. The van der Waals surface area contributed by atoms with Crippen LogP contribution in [0.15, 0.2) is 53.9 Å². The summed E-state index contributed by atoms with van der Waals surface area (Å²) in [6.07, 6.45) is 0.215. The number of rotatable bonds is 11. The first-order valence-corrected chi connectivity index (χ1v) is 15.8. The van der Waals surface area contributed by atoms with Crippen molar-refractivity contribution in [3.63, 3.8) is 0 Å². The van der Waals surface area contributed by atoms with Gasteiger partial charge in [-0.2, -0.15) is 9.97 Å². The van der Waals surface area contributed by atoms with Gasteiger partial charge in [-0.05, 0) is 30.7 Å². The number of benzene rings is 1. The van der Waals surface area contributed by atoms with Gasteiger partial charge >= 0.3 is 23.9 Å². The van der Waals surface area contributed by atoms with Gasteiger partial charge in [-0.15, -0.1) is 0 Å². The van der Waals surface area contributed by atoms with Gasteiger partial charge in [0.25, 0.3) is 10.0 Å². The standard InChI is InChI=1S/C29H30ClN5O10S/c1-16-5-7-21(8-6-16)46(39,40)34-11-9-20(13-34)10-12-41-29-32-26(30)23-27(33-29)35(15-31-23)28-25(44-19(4)38)24(43-18(3)37)22(45-28)14-42-17(2)36/h5-9,11,13,15,22,24-25,28H,10,12,14H2,1-4H3/t22-,24-,25-,28-/m1/s1. The molecular weight excluding hydrogens is 646 g/mol. The van der Waals surface area contributed by atoms with Gasteiger partial charge in [0.15, 0.2) is 29.2 Å². The molecule has 0 bridgehead atoms. The lowest BCUT2D eigenvalue weighted by Crippen LogP contribution is -2.40. The van der Waals surface area contributed by atoms with Gasteiger partial charge < -0.3 is 23.7 Å². The molecule has 15 nitrogen and oxygen atoms in total. The van der Waals surface area contributed by atoms with E-state index in [4.69, 9.17) is 35.3 Å². The van der Waals surface area contributed by atoms with Gasteiger partial charge in [0, 0.05) is 39.6 Å². The number of ether oxygens (including phenoxy) is 5. The van der Waals surface area contributed by atoms with Gasteiger partial charge in [-0.3, -0.25) is 19.0 Å². The van der Waals surface area contributed by atoms with Crippen LogP contribution in [-0.2, 0) is 49.8 Å². The van der Waals surface area contributed by atoms with Crippen molar-refractivity contribution in [2.24, 2.45) is 0 Å². The third-order valence-electron chi connectivity index (χ3n) is 6.92. The smallest absolute Gasteiger partial charge is 0.319 e. The van der Waals surface area contributed by atoms with E-state index in [2.05, 4.69) is 15.0 Å². The highest BCUT2D eigenvalue weighted by Crippen LogP contribution is 2.37. The maximum atomic E-state index is 13.0. The average Bonchev–Trinajstić information content (AvgIpc) is 3.70. The maximum absolute atomic E-state index is 13.0. The second kappa shape index (κ2) is 13.4. The van der Waals surface area contributed by atoms with Crippen LogP contribution in [0, 0.1) is 6.92 Å². The van der Waals surface area contributed by atoms with Crippen LogP contribution in [0.25, 0.3) is 11.2 Å². The first kappa shape index (κ1) is 32.8. The third kappa shape index (κ3) is 7.13. The lowest BCUT2D eigenvalue weighted by atomic mass is 10.1. The second-order valence-electron chi connectivity index (χ2n) is 10.4. The number of hydrogen-bond donors (Lipinski definition) is 0. The number of aryl methyl sites for hydroxylation is 1. The molecule has 0 aliphatic carbocycles. The summed E-state index contributed by atoms with van der Waals surface area (Å²) in [5.74, 6) is -1.93. The second-order valence-corrected chi connectivity index (χ2v) is 12.6. The molecule has 3 aromatic heterocycles. The largest absolute Gasteiger partial charge is 0.463 e. The highest BCUT2D eigenvalue weighted by atomic mass is 35.5. The summed E-state index contributed by atoms with van der Waals surface area (Å²) in [6.45, 7) is 5.24. The van der Waals surface area contributed by atoms with E-state index >= 15 is 0 Å². The number of hydrogen-bond acceptors (Lipinski definition) is 13. The summed E-state index contributed by atoms with van der Waals surface area (Å²) in [5.41, 5.74) is 1.97. The molecule has 1 fully saturated rings. The van der Waals surface area contributed by atoms with Crippen molar-refractivity contribution >= 4 is 50.7 Å². The van der Waals surface area contributed by atoms with Crippen LogP contribution in [0.1, 0.15) is 38.1 Å². The first-order chi connectivity index (χ1) is 21.8. The van der Waals surface area contributed by atoms with Crippen LogP contribution in [0.2, 0.25) is 5.15 Å². The summed E-state index contributed by atoms with van der Waals surface area (Å²) >= 11 is 6.40. The Morgan fingerprint density at radius 3 is 2.35 bits per heavy atom. The van der Waals surface area contributed by atoms with Crippen molar-refractivity contribution in [3.05, 3.63) is 65.3 Å². The van der Waals surface area contributed by atoms with Crippen LogP contribution < -0.4 is 4.74 Å². The van der Waals surface area contributed by atoms with E-state index in [0.29, 0.717) is 12.0 Å². The van der Waals surface area contributed by atoms with Crippen molar-refractivity contribution in [3.8, 4) is 6.01 Å². The summed E-state index contributed by atoms with van der Waals surface area (Å²) in [7, 11) is -3.75. The minimum absolute atomic E-state index is 0.0378. The molecule has 4 atom stereocenters. The number of esters is 3. The summed E-state index contributed by atoms with van der Waals surface area (Å²) in [4.78, 5) is 48.4. The number of aromatic nitrogens is 5. The highest BCUT2D eigenvalue weighted by molar-refractivity contribution is 7.90. The fourth-order valence-corrected chi connectivity index (χ4v) is 6.26. The van der Waals surface area contributed by atoms with Crippen LogP contribution in [0.5, 0.6) is 6.01 Å². The van der Waals surface area contributed by atoms with E-state index in [1.54, 1.807) is 30.3 Å². The van der Waals surface area contributed by atoms with Crippen molar-refractivity contribution in [1.82, 2.24) is 23.5 Å². The fraction of sp³-hybridized carbons (Fsp3) is 0.379. The van der Waals surface area contributed by atoms with Gasteiger partial charge in [0.1, 0.15) is 18.2 Å². The Morgan fingerprint density at radius 2 is 1.67 bits per heavy atom. The maximum Gasteiger partial charge on any atom is 0.319 e. The molecule has 1 aliphatic rings. The molecule has 244 valence electrons. The number of fused-ring (bicyclic) bond motifs is 1. The molecule has 0 saturated carbocycles. The zero-order chi connectivity index (χ0) is 33.2. The van der Waals surface area contributed by atoms with E-state index in [0.717, 1.165) is 9.54 Å². The molecule has 46 heavy (non-hydrogen) atoms. The minimum atomic E-state index is -3.75. The molecule has 1 saturated heterocycles. The molecular formula is C29H30ClN5O10S. The van der Waals surface area contributed by atoms with Crippen molar-refractivity contribution < 1.29 is 46.5 Å². The predicted octanol–water partition coefficient (Wildman–Crippen LogP) is 2.77. The highest BCUT2D eigenvalue weighted by Gasteiger charge is 2.51. The molecule has 17 heteroatoms. The summed E-state index contributed by atoms with van der Waals surface area (Å²) in [5, 5.41) is -0.0378. The van der Waals surface area contributed by atoms with Crippen LogP contribution in [0.4, 0.5) is 0 Å². The number of carbonyl (C=O) groups is 3. The molecule has 4 aromatic rings. The lowest BCUT2D eigenvalue weighted by molar-refractivity contribution is -0.166. The zero-order valence-electron chi connectivity index (χ0n) is 25.2. The third-order valence-corrected chi connectivity index (χ3v) is 8.83. The number of halogens is 1. The Labute approximate surface area is 268 Å². The molecule has 0 spiro atoms. The van der Waals surface area contributed by atoms with E-state index in [1.807, 2.05) is 6.92 Å². The molecule has 5 rings (SSSR count). The molecule has 1 aromatic carbocycles. The minimum Gasteiger partial charge on any atom is -0.463 e. The monoisotopic (exact) mass is 675 g/mol. The van der Waals surface area contributed by atoms with E-state index in [1.165, 1.54) is 44.1 Å². The normalized spacial score (nSPS) is 19.6. The molecule has 4 heterocycles. The Kier molecular flexibility index (Phi) is 9.60. The first-order valence-electron chi connectivity index (χ1n) is 14.0. The van der Waals surface area contributed by atoms with Crippen LogP contribution >= 0.6 is 11.6 Å². The van der Waals surface area contributed by atoms with E-state index in [9.17, 15) is 22.8 Å². The van der Waals surface area contributed by atoms with E-state index < -0.39 is 52.5 Å². The summed E-state index contributed by atoms with van der Waals surface area (Å²) < 4.78 is 56.4. The molecule has 0 N–H and O–H groups in total. The van der Waals surface area contributed by atoms with Crippen LogP contribution in [0.3, 0.4) is 0 Å². The van der Waals surface area contributed by atoms with Gasteiger partial charge in [-0.1, -0.05) is 29.3 Å². The number of imidazole rings is 1. The van der Waals surface area contributed by atoms with Crippen LogP contribution in [-0.4, -0.2) is 81.3 Å². The predicted molar refractivity (Wildman–Crippen MR) is 159 cm³/mol. The fourth-order valence-electron chi connectivity index (χ4n) is 4.84. The topological polar surface area (TPSA) is 180 Å². The van der Waals surface area contributed by atoms with Gasteiger partial charge in [0.05, 0.1) is 17.8 Å². The van der Waals surface area contributed by atoms with Crippen molar-refractivity contribution in [2.45, 2.75) is 63.6 Å². The van der Waals surface area contributed by atoms with E-state index in [-0.39, 0.29) is 40.4 Å². The number of carbonyl (C=O) groups excluding carboxylic acids is 3.